The van der Waals surface area contributed by atoms with E-state index in [1.54, 1.807) is 0 Å². The highest BCUT2D eigenvalue weighted by atomic mass is 16.6. The molecule has 0 radical (unpaired) electrons. The molecule has 2 unspecified atom stereocenters. The molecule has 138 valence electrons. The van der Waals surface area contributed by atoms with Gasteiger partial charge in [-0.05, 0) is 58.6 Å². The Morgan fingerprint density at radius 1 is 1.20 bits per heavy atom. The average molecular weight is 347 g/mol. The number of carbonyl (C=O) groups excluding carboxylic acids is 1. The van der Waals surface area contributed by atoms with E-state index in [4.69, 9.17) is 9.47 Å². The Hall–Kier alpha value is -1.75. The van der Waals surface area contributed by atoms with Crippen molar-refractivity contribution in [2.75, 3.05) is 6.61 Å². The fraction of sp³-hybridized carbons (Fsp3) is 0.650. The highest BCUT2D eigenvalue weighted by Crippen LogP contribution is 2.42. The quantitative estimate of drug-likeness (QED) is 0.901. The number of hydrogen-bond acceptors (Lipinski definition) is 4. The number of fused-ring (bicyclic) bond motifs is 2. The van der Waals surface area contributed by atoms with Gasteiger partial charge in [0.2, 0.25) is 0 Å². The number of ether oxygens (including phenoxy) is 2. The molecule has 2 aliphatic heterocycles. The summed E-state index contributed by atoms with van der Waals surface area (Å²) >= 11 is 0. The van der Waals surface area contributed by atoms with Crippen LogP contribution in [0.1, 0.15) is 52.9 Å². The minimum atomic E-state index is -0.765. The van der Waals surface area contributed by atoms with Crippen molar-refractivity contribution >= 4 is 6.09 Å². The molecule has 0 aliphatic carbocycles. The van der Waals surface area contributed by atoms with Gasteiger partial charge in [-0.15, -0.1) is 0 Å². The Labute approximate surface area is 149 Å². The van der Waals surface area contributed by atoms with Crippen LogP contribution in [0.2, 0.25) is 0 Å². The topological polar surface area (TPSA) is 59.0 Å². The molecule has 2 fully saturated rings. The molecule has 0 saturated carbocycles. The van der Waals surface area contributed by atoms with Crippen molar-refractivity contribution in [2.45, 2.75) is 76.2 Å². The van der Waals surface area contributed by atoms with Crippen LogP contribution >= 0.6 is 0 Å². The first kappa shape index (κ1) is 18.1. The fourth-order valence-electron chi connectivity index (χ4n) is 4.01. The zero-order chi connectivity index (χ0) is 18.1. The van der Waals surface area contributed by atoms with Crippen LogP contribution in [-0.4, -0.2) is 46.0 Å². The van der Waals surface area contributed by atoms with Crippen LogP contribution in [0.5, 0.6) is 5.75 Å². The normalized spacial score (nSPS) is 28.7. The number of benzene rings is 1. The number of carbonyl (C=O) groups is 1. The lowest BCUT2D eigenvalue weighted by atomic mass is 9.84. The molecule has 5 nitrogen and oxygen atoms in total. The van der Waals surface area contributed by atoms with Crippen LogP contribution in [-0.2, 0) is 4.74 Å². The van der Waals surface area contributed by atoms with E-state index in [1.165, 1.54) is 0 Å². The summed E-state index contributed by atoms with van der Waals surface area (Å²) in [5.74, 6) is 0.820. The van der Waals surface area contributed by atoms with Gasteiger partial charge >= 0.3 is 6.09 Å². The number of nitrogens with zero attached hydrogens (tertiary/aromatic N) is 1. The maximum Gasteiger partial charge on any atom is 0.410 e. The smallest absolute Gasteiger partial charge is 0.410 e. The Morgan fingerprint density at radius 2 is 1.80 bits per heavy atom. The predicted molar refractivity (Wildman–Crippen MR) is 95.6 cm³/mol. The van der Waals surface area contributed by atoms with Crippen LogP contribution in [0.3, 0.4) is 0 Å². The zero-order valence-electron chi connectivity index (χ0n) is 15.4. The highest BCUT2D eigenvalue weighted by molar-refractivity contribution is 5.69. The van der Waals surface area contributed by atoms with Gasteiger partial charge in [-0.25, -0.2) is 4.79 Å². The predicted octanol–water partition coefficient (Wildman–Crippen LogP) is 3.75. The van der Waals surface area contributed by atoms with Crippen molar-refractivity contribution < 1.29 is 19.4 Å². The second kappa shape index (κ2) is 6.87. The van der Waals surface area contributed by atoms with Gasteiger partial charge in [0.1, 0.15) is 11.4 Å². The third kappa shape index (κ3) is 4.46. The first-order valence-corrected chi connectivity index (χ1v) is 9.17. The lowest BCUT2D eigenvalue weighted by Crippen LogP contribution is -2.54. The highest BCUT2D eigenvalue weighted by Gasteiger charge is 2.50. The molecule has 0 spiro atoms. The van der Waals surface area contributed by atoms with Gasteiger partial charge in [0.05, 0.1) is 12.2 Å². The summed E-state index contributed by atoms with van der Waals surface area (Å²) in [6.45, 7) is 6.13. The minimum Gasteiger partial charge on any atom is -0.493 e. The number of amides is 1. The van der Waals surface area contributed by atoms with E-state index < -0.39 is 11.2 Å². The molecule has 1 N–H and O–H groups in total. The molecule has 1 aromatic rings. The molecule has 2 atom stereocenters. The SMILES string of the molecule is CC(C)(C)OC(=O)N1C2CCC1CC(O)(CCOc1ccccc1)C2. The van der Waals surface area contributed by atoms with Crippen molar-refractivity contribution in [1.82, 2.24) is 4.90 Å². The number of aliphatic hydroxyl groups is 1. The van der Waals surface area contributed by atoms with Crippen molar-refractivity contribution in [1.29, 1.82) is 0 Å². The van der Waals surface area contributed by atoms with Crippen molar-refractivity contribution in [3.8, 4) is 5.75 Å². The summed E-state index contributed by atoms with van der Waals surface area (Å²) in [7, 11) is 0. The Kier molecular flexibility index (Phi) is 4.96. The fourth-order valence-corrected chi connectivity index (χ4v) is 4.01. The summed E-state index contributed by atoms with van der Waals surface area (Å²) in [6, 6.07) is 9.78. The monoisotopic (exact) mass is 347 g/mol. The second-order valence-corrected chi connectivity index (χ2v) is 8.32. The first-order valence-electron chi connectivity index (χ1n) is 9.17. The zero-order valence-corrected chi connectivity index (χ0v) is 15.4. The van der Waals surface area contributed by atoms with E-state index in [-0.39, 0.29) is 18.2 Å². The lowest BCUT2D eigenvalue weighted by Gasteiger charge is -2.43. The van der Waals surface area contributed by atoms with E-state index in [1.807, 2.05) is 56.0 Å². The second-order valence-electron chi connectivity index (χ2n) is 8.32. The van der Waals surface area contributed by atoms with Crippen LogP contribution < -0.4 is 4.74 Å². The number of hydrogen-bond donors (Lipinski definition) is 1. The largest absolute Gasteiger partial charge is 0.493 e. The summed E-state index contributed by atoms with van der Waals surface area (Å²) in [5, 5.41) is 11.0. The standard InChI is InChI=1S/C20H29NO4/c1-19(2,3)25-18(22)21-15-9-10-16(21)14-20(23,13-15)11-12-24-17-7-5-4-6-8-17/h4-8,15-16,23H,9-14H2,1-3H3. The van der Waals surface area contributed by atoms with Crippen molar-refractivity contribution in [3.05, 3.63) is 30.3 Å². The van der Waals surface area contributed by atoms with Crippen molar-refractivity contribution in [3.63, 3.8) is 0 Å². The Morgan fingerprint density at radius 3 is 2.36 bits per heavy atom. The van der Waals surface area contributed by atoms with Gasteiger partial charge in [0.15, 0.2) is 0 Å². The molecule has 2 bridgehead atoms. The molecule has 5 heteroatoms. The third-order valence-corrected chi connectivity index (χ3v) is 5.03. The number of para-hydroxylation sites is 1. The van der Waals surface area contributed by atoms with Crippen molar-refractivity contribution in [2.24, 2.45) is 0 Å². The number of rotatable bonds is 4. The molecule has 1 amide bonds. The van der Waals surface area contributed by atoms with Gasteiger partial charge in [-0.3, -0.25) is 0 Å². The maximum atomic E-state index is 12.5. The molecule has 2 saturated heterocycles. The molecular weight excluding hydrogens is 318 g/mol. The van der Waals surface area contributed by atoms with Gasteiger partial charge in [-0.2, -0.15) is 0 Å². The Bertz CT molecular complexity index is 581. The minimum absolute atomic E-state index is 0.0651. The molecular formula is C20H29NO4. The van der Waals surface area contributed by atoms with Gasteiger partial charge in [0, 0.05) is 18.5 Å². The van der Waals surface area contributed by atoms with Crippen LogP contribution in [0.25, 0.3) is 0 Å². The number of piperidine rings is 1. The van der Waals surface area contributed by atoms with E-state index in [0.29, 0.717) is 25.9 Å². The van der Waals surface area contributed by atoms with E-state index in [9.17, 15) is 9.90 Å². The summed E-state index contributed by atoms with van der Waals surface area (Å²) < 4.78 is 11.3. The molecule has 2 aliphatic rings. The maximum absolute atomic E-state index is 12.5. The van der Waals surface area contributed by atoms with Crippen LogP contribution in [0, 0.1) is 0 Å². The Balaban J connectivity index is 1.56. The van der Waals surface area contributed by atoms with Gasteiger partial charge in [0.25, 0.3) is 0 Å². The average Bonchev–Trinajstić information content (AvgIpc) is 2.80. The van der Waals surface area contributed by atoms with E-state index >= 15 is 0 Å². The molecule has 3 rings (SSSR count). The molecule has 2 heterocycles. The summed E-state index contributed by atoms with van der Waals surface area (Å²) in [6.07, 6.45) is 3.40. The molecule has 0 aromatic heterocycles. The summed E-state index contributed by atoms with van der Waals surface area (Å²) in [5.41, 5.74) is -1.26. The lowest BCUT2D eigenvalue weighted by molar-refractivity contribution is -0.0670. The van der Waals surface area contributed by atoms with Crippen LogP contribution in [0.4, 0.5) is 4.79 Å². The molecule has 1 aromatic carbocycles. The first-order chi connectivity index (χ1) is 11.8. The summed E-state index contributed by atoms with van der Waals surface area (Å²) in [4.78, 5) is 14.3. The van der Waals surface area contributed by atoms with Gasteiger partial charge in [-0.1, -0.05) is 18.2 Å². The van der Waals surface area contributed by atoms with Crippen LogP contribution in [0.15, 0.2) is 30.3 Å². The van der Waals surface area contributed by atoms with E-state index in [0.717, 1.165) is 18.6 Å². The van der Waals surface area contributed by atoms with Gasteiger partial charge < -0.3 is 19.5 Å². The third-order valence-electron chi connectivity index (χ3n) is 5.03. The molecule has 25 heavy (non-hydrogen) atoms. The van der Waals surface area contributed by atoms with E-state index in [2.05, 4.69) is 0 Å².